The zero-order valence-electron chi connectivity index (χ0n) is 27.5. The highest BCUT2D eigenvalue weighted by atomic mass is 16.3. The van der Waals surface area contributed by atoms with Gasteiger partial charge in [0.15, 0.2) is 0 Å². The Morgan fingerprint density at radius 1 is 0.659 bits per heavy atom. The third-order valence-electron chi connectivity index (χ3n) is 8.77. The van der Waals surface area contributed by atoms with E-state index in [9.17, 15) is 5.11 Å². The van der Waals surface area contributed by atoms with Crippen molar-refractivity contribution in [2.24, 2.45) is 22.7 Å². The van der Waals surface area contributed by atoms with Crippen LogP contribution < -0.4 is 0 Å². The van der Waals surface area contributed by atoms with Crippen LogP contribution in [0, 0.1) is 22.7 Å². The van der Waals surface area contributed by atoms with Crippen LogP contribution in [0.5, 0.6) is 0 Å². The highest BCUT2D eigenvalue weighted by Crippen LogP contribution is 2.42. The maximum absolute atomic E-state index is 10.4. The minimum absolute atomic E-state index is 0.143. The molecule has 0 aliphatic heterocycles. The monoisotopic (exact) mass is 552 g/mol. The molecule has 0 bridgehead atoms. The second-order valence-corrected chi connectivity index (χ2v) is 13.4. The maximum atomic E-state index is 10.4. The van der Waals surface area contributed by atoms with Crippen LogP contribution in [-0.2, 0) is 0 Å². The first-order valence-corrected chi connectivity index (χ1v) is 15.3. The largest absolute Gasteiger partial charge is 0.392 e. The van der Waals surface area contributed by atoms with E-state index in [1.807, 2.05) is 0 Å². The number of aliphatic hydroxyl groups is 1. The fourth-order valence-corrected chi connectivity index (χ4v) is 5.74. The van der Waals surface area contributed by atoms with Gasteiger partial charge in [0.2, 0.25) is 0 Å². The van der Waals surface area contributed by atoms with Gasteiger partial charge in [-0.25, -0.2) is 0 Å². The molecule has 1 nitrogen and oxygen atoms in total. The second kappa shape index (κ2) is 15.9. The molecule has 41 heavy (non-hydrogen) atoms. The van der Waals surface area contributed by atoms with Crippen molar-refractivity contribution in [3.63, 3.8) is 0 Å². The Morgan fingerprint density at radius 2 is 1.10 bits per heavy atom. The molecule has 0 spiro atoms. The smallest absolute Gasteiger partial charge is 0.0634 e. The quantitative estimate of drug-likeness (QED) is 0.211. The molecule has 0 aromatic heterocycles. The summed E-state index contributed by atoms with van der Waals surface area (Å²) in [6.45, 7) is 22.1. The fraction of sp³-hybridized carbons (Fsp3) is 0.450. The minimum Gasteiger partial charge on any atom is -0.392 e. The van der Waals surface area contributed by atoms with Gasteiger partial charge >= 0.3 is 0 Å². The van der Waals surface area contributed by atoms with Gasteiger partial charge in [-0.3, -0.25) is 0 Å². The van der Waals surface area contributed by atoms with Crippen molar-refractivity contribution in [3.8, 4) is 0 Å². The van der Waals surface area contributed by atoms with Crippen LogP contribution >= 0.6 is 0 Å². The molecule has 0 heterocycles. The van der Waals surface area contributed by atoms with Crippen molar-refractivity contribution >= 4 is 0 Å². The number of hydrogen-bond acceptors (Lipinski definition) is 1. The van der Waals surface area contributed by atoms with Gasteiger partial charge in [-0.15, -0.1) is 0 Å². The van der Waals surface area contributed by atoms with E-state index in [0.717, 1.165) is 6.42 Å². The lowest BCUT2D eigenvalue weighted by Gasteiger charge is -2.40. The molecule has 2 rings (SSSR count). The summed E-state index contributed by atoms with van der Waals surface area (Å²) >= 11 is 0. The van der Waals surface area contributed by atoms with Gasteiger partial charge in [0, 0.05) is 17.3 Å². The summed E-state index contributed by atoms with van der Waals surface area (Å²) < 4.78 is 0. The normalized spacial score (nSPS) is 26.7. The van der Waals surface area contributed by atoms with Gasteiger partial charge in [-0.2, -0.15) is 0 Å². The Balaban J connectivity index is 1.88. The van der Waals surface area contributed by atoms with E-state index in [0.29, 0.717) is 11.3 Å². The summed E-state index contributed by atoms with van der Waals surface area (Å²) in [5, 5.41) is 10.4. The fourth-order valence-electron chi connectivity index (χ4n) is 5.74. The van der Waals surface area contributed by atoms with Gasteiger partial charge in [0.1, 0.15) is 0 Å². The Bertz CT molecular complexity index is 1220. The molecule has 0 aromatic rings. The lowest BCUT2D eigenvalue weighted by molar-refractivity contribution is 0.0244. The molecule has 222 valence electrons. The molecule has 0 amide bonds. The van der Waals surface area contributed by atoms with E-state index in [2.05, 4.69) is 166 Å². The van der Waals surface area contributed by atoms with Crippen LogP contribution in [0.4, 0.5) is 0 Å². The van der Waals surface area contributed by atoms with Gasteiger partial charge < -0.3 is 5.11 Å². The number of rotatable bonds is 10. The van der Waals surface area contributed by atoms with Gasteiger partial charge in [-0.05, 0) is 66.2 Å². The van der Waals surface area contributed by atoms with Crippen LogP contribution in [0.3, 0.4) is 0 Å². The third kappa shape index (κ3) is 11.1. The molecule has 2 aliphatic carbocycles. The number of allylic oxidation sites excluding steroid dienone is 21. The zero-order chi connectivity index (χ0) is 30.6. The number of hydrogen-bond donors (Lipinski definition) is 1. The molecular weight excluding hydrogens is 496 g/mol. The van der Waals surface area contributed by atoms with E-state index >= 15 is 0 Å². The molecule has 3 unspecified atom stereocenters. The lowest BCUT2D eigenvalue weighted by atomic mass is 9.67. The van der Waals surface area contributed by atoms with E-state index < -0.39 is 0 Å². The molecule has 2 aliphatic rings. The first-order chi connectivity index (χ1) is 19.2. The van der Waals surface area contributed by atoms with Gasteiger partial charge in [0.05, 0.1) is 6.10 Å². The van der Waals surface area contributed by atoms with Crippen molar-refractivity contribution in [2.45, 2.75) is 94.6 Å². The first kappa shape index (κ1) is 34.3. The third-order valence-corrected chi connectivity index (χ3v) is 8.77. The van der Waals surface area contributed by atoms with Crippen molar-refractivity contribution in [3.05, 3.63) is 131 Å². The van der Waals surface area contributed by atoms with E-state index in [4.69, 9.17) is 0 Å². The Morgan fingerprint density at radius 3 is 1.61 bits per heavy atom. The molecule has 0 saturated carbocycles. The number of aliphatic hydroxyl groups excluding tert-OH is 1. The Labute approximate surface area is 252 Å². The van der Waals surface area contributed by atoms with Crippen molar-refractivity contribution in [2.75, 3.05) is 0 Å². The van der Waals surface area contributed by atoms with Crippen LogP contribution in [0.1, 0.15) is 88.5 Å². The summed E-state index contributed by atoms with van der Waals surface area (Å²) in [5.74, 6) is 0.782. The van der Waals surface area contributed by atoms with Crippen molar-refractivity contribution in [1.82, 2.24) is 0 Å². The Kier molecular flexibility index (Phi) is 13.3. The van der Waals surface area contributed by atoms with E-state index in [1.165, 1.54) is 46.3 Å². The zero-order valence-corrected chi connectivity index (χ0v) is 27.5. The Hall–Kier alpha value is -2.90. The molecule has 0 aromatic carbocycles. The SMILES string of the molecule is CC1=CCCC(C)(C)C1/C=C/C(C)=C/C=C/C(C)=C/C=C/C=C(C)/C=C/C=C(C)/C=C/C1C(C)=CCC(O)C1(C)C. The van der Waals surface area contributed by atoms with Crippen molar-refractivity contribution < 1.29 is 5.11 Å². The predicted octanol–water partition coefficient (Wildman–Crippen LogP) is 11.3. The highest BCUT2D eigenvalue weighted by molar-refractivity contribution is 5.33. The summed E-state index contributed by atoms with van der Waals surface area (Å²) in [4.78, 5) is 0. The summed E-state index contributed by atoms with van der Waals surface area (Å²) in [6, 6.07) is 0. The van der Waals surface area contributed by atoms with Crippen LogP contribution in [-0.4, -0.2) is 11.2 Å². The average molecular weight is 553 g/mol. The van der Waals surface area contributed by atoms with Gasteiger partial charge in [0.25, 0.3) is 0 Å². The minimum atomic E-state index is -0.296. The van der Waals surface area contributed by atoms with Crippen LogP contribution in [0.25, 0.3) is 0 Å². The van der Waals surface area contributed by atoms with Crippen LogP contribution in [0.15, 0.2) is 131 Å². The second-order valence-electron chi connectivity index (χ2n) is 13.4. The molecule has 1 heteroatoms. The molecular formula is C40H56O. The molecule has 3 atom stereocenters. The highest BCUT2D eigenvalue weighted by Gasteiger charge is 2.38. The average Bonchev–Trinajstić information content (AvgIpc) is 2.88. The van der Waals surface area contributed by atoms with Gasteiger partial charge in [-0.1, -0.05) is 158 Å². The van der Waals surface area contributed by atoms with E-state index in [1.54, 1.807) is 0 Å². The lowest BCUT2D eigenvalue weighted by Crippen LogP contribution is -2.39. The summed E-state index contributed by atoms with van der Waals surface area (Å²) in [6.07, 6.45) is 37.8. The first-order valence-electron chi connectivity index (χ1n) is 15.3. The summed E-state index contributed by atoms with van der Waals surface area (Å²) in [7, 11) is 0. The maximum Gasteiger partial charge on any atom is 0.0634 e. The standard InChI is InChI=1S/C40H56O/c1-30(18-13-20-32(3)23-26-36-34(5)22-15-29-39(36,7)8)16-11-12-17-31(2)19-14-21-33(4)24-27-37-35(6)25-28-38(41)40(37,9)10/h11-14,16-27,36-38,41H,15,28-29H2,1-10H3/b12-11+,18-13+,19-14+,26-23+,27-24+,30-16+,31-17+,32-20+,33-21+. The summed E-state index contributed by atoms with van der Waals surface area (Å²) in [5.41, 5.74) is 7.91. The predicted molar refractivity (Wildman–Crippen MR) is 183 cm³/mol. The molecule has 0 saturated heterocycles. The molecule has 0 fully saturated rings. The molecule has 0 radical (unpaired) electrons. The van der Waals surface area contributed by atoms with Crippen LogP contribution in [0.2, 0.25) is 0 Å². The van der Waals surface area contributed by atoms with E-state index in [-0.39, 0.29) is 17.4 Å². The molecule has 1 N–H and O–H groups in total. The van der Waals surface area contributed by atoms with Crippen molar-refractivity contribution in [1.29, 1.82) is 0 Å². The topological polar surface area (TPSA) is 20.2 Å².